The molecule has 0 radical (unpaired) electrons. The van der Waals surface area contributed by atoms with E-state index in [2.05, 4.69) is 42.7 Å². The Morgan fingerprint density at radius 2 is 1.67 bits per heavy atom. The topological polar surface area (TPSA) is 41.1 Å². The molecule has 0 aliphatic heterocycles. The van der Waals surface area contributed by atoms with Crippen LogP contribution in [0.1, 0.15) is 29.2 Å². The van der Waals surface area contributed by atoms with Crippen LogP contribution in [0.5, 0.6) is 0 Å². The predicted molar refractivity (Wildman–Crippen MR) is 88.7 cm³/mol. The molecule has 21 heavy (non-hydrogen) atoms. The largest absolute Gasteiger partial charge is 0.381 e. The first kappa shape index (κ1) is 15.1. The van der Waals surface area contributed by atoms with Crippen LogP contribution in [0.3, 0.4) is 0 Å². The van der Waals surface area contributed by atoms with Crippen LogP contribution in [0.4, 0.5) is 11.4 Å². The van der Waals surface area contributed by atoms with Gasteiger partial charge in [0, 0.05) is 24.8 Å². The van der Waals surface area contributed by atoms with Gasteiger partial charge in [-0.2, -0.15) is 0 Å². The maximum Gasteiger partial charge on any atom is 0.221 e. The molecule has 0 spiro atoms. The molecule has 0 aromatic heterocycles. The minimum Gasteiger partial charge on any atom is -0.381 e. The number of rotatable bonds is 4. The van der Waals surface area contributed by atoms with E-state index < -0.39 is 0 Å². The molecule has 2 aromatic rings. The molecule has 3 heteroatoms. The monoisotopic (exact) mass is 282 g/mol. The van der Waals surface area contributed by atoms with Gasteiger partial charge in [0.25, 0.3) is 0 Å². The average molecular weight is 282 g/mol. The van der Waals surface area contributed by atoms with Crippen LogP contribution >= 0.6 is 0 Å². The van der Waals surface area contributed by atoms with Gasteiger partial charge >= 0.3 is 0 Å². The quantitative estimate of drug-likeness (QED) is 0.883. The summed E-state index contributed by atoms with van der Waals surface area (Å²) in [5, 5.41) is 6.26. The number of aryl methyl sites for hydroxylation is 3. The van der Waals surface area contributed by atoms with E-state index >= 15 is 0 Å². The molecular formula is C18H22N2O. The molecule has 3 nitrogen and oxygen atoms in total. The highest BCUT2D eigenvalue weighted by Gasteiger charge is 2.03. The van der Waals surface area contributed by atoms with Gasteiger partial charge in [0.15, 0.2) is 0 Å². The second-order valence-electron chi connectivity index (χ2n) is 5.56. The molecule has 0 fully saturated rings. The summed E-state index contributed by atoms with van der Waals surface area (Å²) in [5.41, 5.74) is 6.72. The zero-order chi connectivity index (χ0) is 15.4. The van der Waals surface area contributed by atoms with Crippen molar-refractivity contribution in [2.75, 3.05) is 10.6 Å². The van der Waals surface area contributed by atoms with E-state index in [1.54, 1.807) is 0 Å². The fraction of sp³-hybridized carbons (Fsp3) is 0.278. The van der Waals surface area contributed by atoms with Gasteiger partial charge in [-0.25, -0.2) is 0 Å². The number of carbonyl (C=O) groups excluding carboxylic acids is 1. The molecule has 0 saturated carbocycles. The second kappa shape index (κ2) is 6.44. The van der Waals surface area contributed by atoms with Crippen LogP contribution in [0.15, 0.2) is 36.4 Å². The highest BCUT2D eigenvalue weighted by atomic mass is 16.1. The van der Waals surface area contributed by atoms with Gasteiger partial charge < -0.3 is 10.6 Å². The predicted octanol–water partition coefficient (Wildman–Crippen LogP) is 4.18. The van der Waals surface area contributed by atoms with Gasteiger partial charge in [-0.15, -0.1) is 0 Å². The molecule has 0 bridgehead atoms. The van der Waals surface area contributed by atoms with Crippen LogP contribution < -0.4 is 10.6 Å². The first-order chi connectivity index (χ1) is 9.94. The van der Waals surface area contributed by atoms with Crippen molar-refractivity contribution in [3.05, 3.63) is 58.7 Å². The average Bonchev–Trinajstić information content (AvgIpc) is 2.38. The van der Waals surface area contributed by atoms with Crippen molar-refractivity contribution in [2.24, 2.45) is 0 Å². The molecule has 0 aliphatic rings. The van der Waals surface area contributed by atoms with Crippen molar-refractivity contribution >= 4 is 17.3 Å². The van der Waals surface area contributed by atoms with Crippen LogP contribution in [0, 0.1) is 20.8 Å². The third-order valence-corrected chi connectivity index (χ3v) is 3.33. The van der Waals surface area contributed by atoms with Crippen molar-refractivity contribution in [3.8, 4) is 0 Å². The van der Waals surface area contributed by atoms with E-state index in [1.807, 2.05) is 25.1 Å². The SMILES string of the molecule is CC(=O)Nc1cc(NCc2cc(C)cc(C)c2)ccc1C. The number of hydrogen-bond acceptors (Lipinski definition) is 2. The van der Waals surface area contributed by atoms with E-state index in [1.165, 1.54) is 23.6 Å². The van der Waals surface area contributed by atoms with Crippen molar-refractivity contribution in [1.82, 2.24) is 0 Å². The first-order valence-corrected chi connectivity index (χ1v) is 7.13. The summed E-state index contributed by atoms with van der Waals surface area (Å²) in [6.07, 6.45) is 0. The Labute approximate surface area is 126 Å². The lowest BCUT2D eigenvalue weighted by atomic mass is 10.1. The Hall–Kier alpha value is -2.29. The molecule has 1 amide bonds. The van der Waals surface area contributed by atoms with Gasteiger partial charge in [0.1, 0.15) is 0 Å². The van der Waals surface area contributed by atoms with E-state index in [4.69, 9.17) is 0 Å². The minimum absolute atomic E-state index is 0.0513. The highest BCUT2D eigenvalue weighted by Crippen LogP contribution is 2.21. The third-order valence-electron chi connectivity index (χ3n) is 3.33. The maximum absolute atomic E-state index is 11.2. The number of benzene rings is 2. The number of anilines is 2. The van der Waals surface area contributed by atoms with Crippen molar-refractivity contribution in [3.63, 3.8) is 0 Å². The molecule has 0 saturated heterocycles. The molecule has 0 atom stereocenters. The van der Waals surface area contributed by atoms with Gasteiger partial charge in [0.05, 0.1) is 0 Å². The Bertz CT molecular complexity index is 642. The van der Waals surface area contributed by atoms with Gasteiger partial charge in [-0.1, -0.05) is 35.4 Å². The number of carbonyl (C=O) groups is 1. The molecule has 0 aliphatic carbocycles. The summed E-state index contributed by atoms with van der Waals surface area (Å²) < 4.78 is 0. The highest BCUT2D eigenvalue weighted by molar-refractivity contribution is 5.90. The number of nitrogens with one attached hydrogen (secondary N) is 2. The molecule has 2 N–H and O–H groups in total. The Balaban J connectivity index is 2.11. The molecule has 110 valence electrons. The molecule has 2 aromatic carbocycles. The summed E-state index contributed by atoms with van der Waals surface area (Å²) in [7, 11) is 0. The first-order valence-electron chi connectivity index (χ1n) is 7.13. The van der Waals surface area contributed by atoms with Crippen molar-refractivity contribution in [1.29, 1.82) is 0 Å². The zero-order valence-electron chi connectivity index (χ0n) is 13.1. The lowest BCUT2D eigenvalue weighted by Crippen LogP contribution is -2.08. The minimum atomic E-state index is -0.0513. The molecule has 0 heterocycles. The van der Waals surface area contributed by atoms with Crippen LogP contribution in [0.25, 0.3) is 0 Å². The van der Waals surface area contributed by atoms with Crippen molar-refractivity contribution in [2.45, 2.75) is 34.2 Å². The fourth-order valence-electron chi connectivity index (χ4n) is 2.43. The molecule has 0 unspecified atom stereocenters. The van der Waals surface area contributed by atoms with E-state index in [0.717, 1.165) is 23.5 Å². The van der Waals surface area contributed by atoms with Crippen LogP contribution in [-0.4, -0.2) is 5.91 Å². The zero-order valence-corrected chi connectivity index (χ0v) is 13.1. The van der Waals surface area contributed by atoms with E-state index in [-0.39, 0.29) is 5.91 Å². The lowest BCUT2D eigenvalue weighted by Gasteiger charge is -2.12. The summed E-state index contributed by atoms with van der Waals surface area (Å²) in [6, 6.07) is 12.5. The van der Waals surface area contributed by atoms with Gasteiger partial charge in [-0.3, -0.25) is 4.79 Å². The molecule has 2 rings (SSSR count). The maximum atomic E-state index is 11.2. The van der Waals surface area contributed by atoms with Crippen LogP contribution in [0.2, 0.25) is 0 Å². The van der Waals surface area contributed by atoms with E-state index in [0.29, 0.717) is 0 Å². The van der Waals surface area contributed by atoms with Crippen molar-refractivity contribution < 1.29 is 4.79 Å². The normalized spacial score (nSPS) is 10.3. The Morgan fingerprint density at radius 1 is 1.00 bits per heavy atom. The number of amides is 1. The third kappa shape index (κ3) is 4.35. The summed E-state index contributed by atoms with van der Waals surface area (Å²) in [4.78, 5) is 11.2. The second-order valence-corrected chi connectivity index (χ2v) is 5.56. The van der Waals surface area contributed by atoms with E-state index in [9.17, 15) is 4.79 Å². The fourth-order valence-corrected chi connectivity index (χ4v) is 2.43. The smallest absolute Gasteiger partial charge is 0.221 e. The lowest BCUT2D eigenvalue weighted by molar-refractivity contribution is -0.114. The Kier molecular flexibility index (Phi) is 4.63. The Morgan fingerprint density at radius 3 is 2.29 bits per heavy atom. The summed E-state index contributed by atoms with van der Waals surface area (Å²) in [6.45, 7) is 8.49. The molecular weight excluding hydrogens is 260 g/mol. The summed E-state index contributed by atoms with van der Waals surface area (Å²) >= 11 is 0. The van der Waals surface area contributed by atoms with Crippen LogP contribution in [-0.2, 0) is 11.3 Å². The van der Waals surface area contributed by atoms with Gasteiger partial charge in [0.2, 0.25) is 5.91 Å². The number of hydrogen-bond donors (Lipinski definition) is 2. The summed E-state index contributed by atoms with van der Waals surface area (Å²) in [5.74, 6) is -0.0513. The standard InChI is InChI=1S/C18H22N2O/c1-12-7-13(2)9-16(8-12)11-19-17-6-5-14(3)18(10-17)20-15(4)21/h5-10,19H,11H2,1-4H3,(H,20,21). The van der Waals surface area contributed by atoms with Gasteiger partial charge in [-0.05, 0) is 44.0 Å².